The van der Waals surface area contributed by atoms with E-state index in [0.29, 0.717) is 0 Å². The van der Waals surface area contributed by atoms with Crippen LogP contribution in [0, 0.1) is 0 Å². The second-order valence-electron chi connectivity index (χ2n) is 4.72. The van der Waals surface area contributed by atoms with Gasteiger partial charge in [0, 0.05) is 5.69 Å². The van der Waals surface area contributed by atoms with Gasteiger partial charge in [-0.2, -0.15) is 5.10 Å². The van der Waals surface area contributed by atoms with Crippen LogP contribution in [0.15, 0.2) is 36.9 Å². The number of hydrogen-bond acceptors (Lipinski definition) is 4. The van der Waals surface area contributed by atoms with Crippen LogP contribution in [0.3, 0.4) is 0 Å². The van der Waals surface area contributed by atoms with Crippen molar-refractivity contribution in [3.05, 3.63) is 36.9 Å². The van der Waals surface area contributed by atoms with Crippen molar-refractivity contribution in [2.75, 3.05) is 12.4 Å². The molecule has 0 radical (unpaired) electrons. The summed E-state index contributed by atoms with van der Waals surface area (Å²) in [5.74, 6) is -0.0801. The van der Waals surface area contributed by atoms with E-state index in [1.165, 1.54) is 6.33 Å². The normalized spacial score (nSPS) is 11.3. The van der Waals surface area contributed by atoms with Gasteiger partial charge in [0.05, 0.1) is 11.2 Å². The molecule has 0 atom stereocenters. The highest BCUT2D eigenvalue weighted by molar-refractivity contribution is 5.97. The number of carbonyl (C=O) groups excluding carboxylic acids is 1. The van der Waals surface area contributed by atoms with Crippen LogP contribution in [0.5, 0.6) is 0 Å². The van der Waals surface area contributed by atoms with Crippen LogP contribution < -0.4 is 10.6 Å². The van der Waals surface area contributed by atoms with E-state index in [9.17, 15) is 4.79 Å². The van der Waals surface area contributed by atoms with Crippen molar-refractivity contribution < 1.29 is 4.79 Å². The number of amides is 1. The lowest BCUT2D eigenvalue weighted by atomic mass is 10.1. The molecule has 1 aromatic heterocycles. The summed E-state index contributed by atoms with van der Waals surface area (Å²) < 4.78 is 1.66. The van der Waals surface area contributed by atoms with Gasteiger partial charge in [0.2, 0.25) is 5.91 Å². The molecular formula is C13H17N5O. The molecule has 0 aliphatic carbocycles. The van der Waals surface area contributed by atoms with E-state index < -0.39 is 5.54 Å². The summed E-state index contributed by atoms with van der Waals surface area (Å²) in [6, 6.07) is 7.41. The molecule has 1 amide bonds. The number of nitrogens with zero attached hydrogens (tertiary/aromatic N) is 3. The van der Waals surface area contributed by atoms with Crippen molar-refractivity contribution in [3.8, 4) is 5.69 Å². The van der Waals surface area contributed by atoms with Gasteiger partial charge in [-0.25, -0.2) is 9.67 Å². The van der Waals surface area contributed by atoms with Gasteiger partial charge in [-0.3, -0.25) is 4.79 Å². The summed E-state index contributed by atoms with van der Waals surface area (Å²) in [7, 11) is 1.76. The molecule has 2 N–H and O–H groups in total. The zero-order valence-electron chi connectivity index (χ0n) is 11.2. The van der Waals surface area contributed by atoms with Crippen LogP contribution in [0.4, 0.5) is 5.69 Å². The lowest BCUT2D eigenvalue weighted by Gasteiger charge is -2.22. The summed E-state index contributed by atoms with van der Waals surface area (Å²) in [5.41, 5.74) is 1.03. The molecule has 0 aliphatic heterocycles. The summed E-state index contributed by atoms with van der Waals surface area (Å²) in [5, 5.41) is 9.86. The maximum Gasteiger partial charge on any atom is 0.244 e. The lowest BCUT2D eigenvalue weighted by molar-refractivity contribution is -0.121. The van der Waals surface area contributed by atoms with E-state index in [-0.39, 0.29) is 5.91 Å². The Bertz CT molecular complexity index is 545. The summed E-state index contributed by atoms with van der Waals surface area (Å²) >= 11 is 0. The molecule has 1 heterocycles. The van der Waals surface area contributed by atoms with E-state index in [4.69, 9.17) is 0 Å². The lowest BCUT2D eigenvalue weighted by Crippen LogP contribution is -2.47. The molecule has 0 fully saturated rings. The number of likely N-dealkylation sites (N-methyl/N-ethyl adjacent to an activating group) is 1. The number of hydrogen-bond donors (Lipinski definition) is 2. The first kappa shape index (κ1) is 13.2. The molecular weight excluding hydrogens is 242 g/mol. The second kappa shape index (κ2) is 5.19. The molecule has 1 aromatic carbocycles. The fourth-order valence-corrected chi connectivity index (χ4v) is 1.44. The van der Waals surface area contributed by atoms with Crippen LogP contribution >= 0.6 is 0 Å². The monoisotopic (exact) mass is 259 g/mol. The Hall–Kier alpha value is -2.21. The molecule has 0 saturated carbocycles. The van der Waals surface area contributed by atoms with Crippen LogP contribution in [0.2, 0.25) is 0 Å². The van der Waals surface area contributed by atoms with Crippen molar-refractivity contribution in [3.63, 3.8) is 0 Å². The predicted octanol–water partition coefficient (Wildman–Crippen LogP) is 1.20. The van der Waals surface area contributed by atoms with Gasteiger partial charge in [-0.05, 0) is 45.2 Å². The van der Waals surface area contributed by atoms with Crippen molar-refractivity contribution >= 4 is 11.6 Å². The number of rotatable bonds is 4. The Kier molecular flexibility index (Phi) is 3.62. The fourth-order valence-electron chi connectivity index (χ4n) is 1.44. The number of anilines is 1. The highest BCUT2D eigenvalue weighted by atomic mass is 16.2. The van der Waals surface area contributed by atoms with Crippen molar-refractivity contribution in [2.45, 2.75) is 19.4 Å². The van der Waals surface area contributed by atoms with Gasteiger partial charge in [-0.15, -0.1) is 0 Å². The maximum atomic E-state index is 12.0. The molecule has 0 saturated heterocycles. The van der Waals surface area contributed by atoms with E-state index in [2.05, 4.69) is 20.7 Å². The molecule has 0 bridgehead atoms. The van der Waals surface area contributed by atoms with Crippen LogP contribution in [0.25, 0.3) is 5.69 Å². The van der Waals surface area contributed by atoms with Gasteiger partial charge in [0.25, 0.3) is 0 Å². The summed E-state index contributed by atoms with van der Waals surface area (Å²) in [6.07, 6.45) is 3.10. The Balaban J connectivity index is 2.10. The van der Waals surface area contributed by atoms with Gasteiger partial charge in [0.15, 0.2) is 0 Å². The van der Waals surface area contributed by atoms with Crippen molar-refractivity contribution in [1.29, 1.82) is 0 Å². The minimum Gasteiger partial charge on any atom is -0.325 e. The number of carbonyl (C=O) groups is 1. The molecule has 2 aromatic rings. The summed E-state index contributed by atoms with van der Waals surface area (Å²) in [4.78, 5) is 15.9. The standard InChI is InChI=1S/C13H17N5O/c1-13(2,14-3)12(19)17-10-4-6-11(7-5-10)18-9-15-8-16-18/h4-9,14H,1-3H3,(H,17,19). The van der Waals surface area contributed by atoms with Gasteiger partial charge in [0.1, 0.15) is 12.7 Å². The Morgan fingerprint density at radius 1 is 1.26 bits per heavy atom. The highest BCUT2D eigenvalue weighted by Gasteiger charge is 2.24. The smallest absolute Gasteiger partial charge is 0.244 e. The molecule has 19 heavy (non-hydrogen) atoms. The molecule has 6 heteroatoms. The third-order valence-corrected chi connectivity index (χ3v) is 3.00. The quantitative estimate of drug-likeness (QED) is 0.865. The fraction of sp³-hybridized carbons (Fsp3) is 0.308. The molecule has 0 aliphatic rings. The topological polar surface area (TPSA) is 71.8 Å². The first-order valence-corrected chi connectivity index (χ1v) is 5.98. The summed E-state index contributed by atoms with van der Waals surface area (Å²) in [6.45, 7) is 3.65. The van der Waals surface area contributed by atoms with Crippen LogP contribution in [-0.2, 0) is 4.79 Å². The SMILES string of the molecule is CNC(C)(C)C(=O)Nc1ccc(-n2cncn2)cc1. The maximum absolute atomic E-state index is 12.0. The van der Waals surface area contributed by atoms with E-state index >= 15 is 0 Å². The first-order valence-electron chi connectivity index (χ1n) is 5.98. The Morgan fingerprint density at radius 2 is 1.95 bits per heavy atom. The van der Waals surface area contributed by atoms with Gasteiger partial charge >= 0.3 is 0 Å². The average molecular weight is 259 g/mol. The largest absolute Gasteiger partial charge is 0.325 e. The average Bonchev–Trinajstić information content (AvgIpc) is 2.93. The second-order valence-corrected chi connectivity index (χ2v) is 4.72. The molecule has 0 spiro atoms. The number of benzene rings is 1. The first-order chi connectivity index (χ1) is 9.03. The number of nitrogens with one attached hydrogen (secondary N) is 2. The van der Waals surface area contributed by atoms with E-state index in [1.54, 1.807) is 18.1 Å². The van der Waals surface area contributed by atoms with Crippen molar-refractivity contribution in [1.82, 2.24) is 20.1 Å². The zero-order valence-corrected chi connectivity index (χ0v) is 11.2. The van der Waals surface area contributed by atoms with Gasteiger partial charge < -0.3 is 10.6 Å². The Morgan fingerprint density at radius 3 is 2.47 bits per heavy atom. The van der Waals surface area contributed by atoms with E-state index in [0.717, 1.165) is 11.4 Å². The third kappa shape index (κ3) is 2.97. The molecule has 0 unspecified atom stereocenters. The predicted molar refractivity (Wildman–Crippen MR) is 73.1 cm³/mol. The van der Waals surface area contributed by atoms with Crippen LogP contribution in [0.1, 0.15) is 13.8 Å². The Labute approximate surface area is 111 Å². The minimum absolute atomic E-state index is 0.0801. The van der Waals surface area contributed by atoms with E-state index in [1.807, 2.05) is 38.1 Å². The molecule has 2 rings (SSSR count). The molecule has 100 valence electrons. The minimum atomic E-state index is -0.607. The van der Waals surface area contributed by atoms with Gasteiger partial charge in [-0.1, -0.05) is 0 Å². The molecule has 6 nitrogen and oxygen atoms in total. The zero-order chi connectivity index (χ0) is 13.9. The van der Waals surface area contributed by atoms with Crippen LogP contribution in [-0.4, -0.2) is 33.3 Å². The third-order valence-electron chi connectivity index (χ3n) is 3.00. The highest BCUT2D eigenvalue weighted by Crippen LogP contribution is 2.14. The number of aromatic nitrogens is 3. The van der Waals surface area contributed by atoms with Crippen molar-refractivity contribution in [2.24, 2.45) is 0 Å².